The number of amides is 2. The maximum atomic E-state index is 12.0. The summed E-state index contributed by atoms with van der Waals surface area (Å²) in [6.45, 7) is 1.74. The van der Waals surface area contributed by atoms with Gasteiger partial charge in [-0.2, -0.15) is 0 Å². The van der Waals surface area contributed by atoms with Crippen LogP contribution in [0.3, 0.4) is 0 Å². The van der Waals surface area contributed by atoms with Gasteiger partial charge in [0.05, 0.1) is 6.54 Å². The minimum absolute atomic E-state index is 0.0398. The summed E-state index contributed by atoms with van der Waals surface area (Å²) in [5.74, 6) is 2.85. The molecule has 0 bridgehead atoms. The molecule has 0 radical (unpaired) electrons. The van der Waals surface area contributed by atoms with E-state index in [0.29, 0.717) is 0 Å². The molecule has 154 valence electrons. The lowest BCUT2D eigenvalue weighted by Crippen LogP contribution is -2.39. The molecule has 1 aliphatic carbocycles. The Morgan fingerprint density at radius 1 is 1.07 bits per heavy atom. The molecular weight excluding hydrogens is 384 g/mol. The van der Waals surface area contributed by atoms with Crippen molar-refractivity contribution in [3.63, 3.8) is 0 Å². The summed E-state index contributed by atoms with van der Waals surface area (Å²) in [6, 6.07) is 15.1. The first-order chi connectivity index (χ1) is 14.5. The van der Waals surface area contributed by atoms with Crippen LogP contribution in [0.25, 0.3) is 11.1 Å². The van der Waals surface area contributed by atoms with E-state index in [-0.39, 0.29) is 25.5 Å². The molecule has 1 unspecified atom stereocenters. The first-order valence-electron chi connectivity index (χ1n) is 9.62. The molecule has 0 spiro atoms. The highest BCUT2D eigenvalue weighted by molar-refractivity contribution is 5.96. The number of hydrogen-bond acceptors (Lipinski definition) is 4. The SMILES string of the molecule is CCC(NC(=O)C#CCNC(=O)OCC1c2ccccc2-c2ccccc21)C(=O)O. The van der Waals surface area contributed by atoms with Crippen molar-refractivity contribution in [2.45, 2.75) is 25.3 Å². The topological polar surface area (TPSA) is 105 Å². The van der Waals surface area contributed by atoms with Gasteiger partial charge in [0.2, 0.25) is 0 Å². The molecule has 3 rings (SSSR count). The second-order valence-corrected chi connectivity index (χ2v) is 6.75. The monoisotopic (exact) mass is 406 g/mol. The first kappa shape index (κ1) is 20.9. The lowest BCUT2D eigenvalue weighted by Gasteiger charge is -2.14. The van der Waals surface area contributed by atoms with Crippen LogP contribution < -0.4 is 10.6 Å². The highest BCUT2D eigenvalue weighted by atomic mass is 16.5. The molecule has 1 aliphatic rings. The van der Waals surface area contributed by atoms with Gasteiger partial charge in [-0.3, -0.25) is 4.79 Å². The van der Waals surface area contributed by atoms with Gasteiger partial charge in [-0.05, 0) is 34.6 Å². The third-order valence-electron chi connectivity index (χ3n) is 4.88. The number of benzene rings is 2. The second-order valence-electron chi connectivity index (χ2n) is 6.75. The smallest absolute Gasteiger partial charge is 0.407 e. The third kappa shape index (κ3) is 4.78. The number of fused-ring (bicyclic) bond motifs is 3. The lowest BCUT2D eigenvalue weighted by molar-refractivity contribution is -0.141. The number of carboxylic acid groups (broad SMARTS) is 1. The van der Waals surface area contributed by atoms with Gasteiger partial charge in [0.15, 0.2) is 0 Å². The predicted molar refractivity (Wildman–Crippen MR) is 111 cm³/mol. The van der Waals surface area contributed by atoms with Gasteiger partial charge in [-0.1, -0.05) is 61.4 Å². The van der Waals surface area contributed by atoms with Gasteiger partial charge in [-0.15, -0.1) is 0 Å². The molecular formula is C23H22N2O5. The fourth-order valence-electron chi connectivity index (χ4n) is 3.42. The molecule has 1 atom stereocenters. The van der Waals surface area contributed by atoms with Gasteiger partial charge >= 0.3 is 12.1 Å². The van der Waals surface area contributed by atoms with Crippen LogP contribution in [0, 0.1) is 11.8 Å². The molecule has 0 saturated heterocycles. The number of alkyl carbamates (subject to hydrolysis) is 1. The normalized spacial score (nSPS) is 12.6. The van der Waals surface area contributed by atoms with E-state index < -0.39 is 24.0 Å². The minimum atomic E-state index is -1.12. The Balaban J connectivity index is 1.50. The molecule has 7 heteroatoms. The van der Waals surface area contributed by atoms with E-state index in [2.05, 4.69) is 34.6 Å². The van der Waals surface area contributed by atoms with Gasteiger partial charge in [-0.25, -0.2) is 9.59 Å². The van der Waals surface area contributed by atoms with Crippen LogP contribution in [-0.2, 0) is 14.3 Å². The van der Waals surface area contributed by atoms with E-state index >= 15 is 0 Å². The number of nitrogens with one attached hydrogen (secondary N) is 2. The first-order valence-corrected chi connectivity index (χ1v) is 9.62. The predicted octanol–water partition coefficient (Wildman–Crippen LogP) is 2.51. The summed E-state index contributed by atoms with van der Waals surface area (Å²) in [6.07, 6.45) is -0.385. The lowest BCUT2D eigenvalue weighted by atomic mass is 9.98. The third-order valence-corrected chi connectivity index (χ3v) is 4.88. The molecule has 0 aliphatic heterocycles. The average molecular weight is 406 g/mol. The number of aliphatic carboxylic acids is 1. The maximum absolute atomic E-state index is 12.0. The van der Waals surface area contributed by atoms with Crippen molar-refractivity contribution in [3.8, 4) is 23.0 Å². The number of carbonyl (C=O) groups is 3. The van der Waals surface area contributed by atoms with Crippen molar-refractivity contribution in [1.82, 2.24) is 10.6 Å². The fourth-order valence-corrected chi connectivity index (χ4v) is 3.42. The van der Waals surface area contributed by atoms with Crippen LogP contribution in [-0.4, -0.2) is 42.3 Å². The number of carboxylic acids is 1. The highest BCUT2D eigenvalue weighted by Gasteiger charge is 2.28. The summed E-state index contributed by atoms with van der Waals surface area (Å²) in [7, 11) is 0. The van der Waals surface area contributed by atoms with Gasteiger partial charge in [0.1, 0.15) is 12.6 Å². The fraction of sp³-hybridized carbons (Fsp3) is 0.261. The Morgan fingerprint density at radius 3 is 2.23 bits per heavy atom. The van der Waals surface area contributed by atoms with Crippen molar-refractivity contribution in [3.05, 3.63) is 59.7 Å². The van der Waals surface area contributed by atoms with E-state index in [4.69, 9.17) is 9.84 Å². The van der Waals surface area contributed by atoms with Crippen LogP contribution in [0.15, 0.2) is 48.5 Å². The van der Waals surface area contributed by atoms with E-state index in [1.807, 2.05) is 36.4 Å². The Hall–Kier alpha value is -3.79. The molecule has 2 aromatic rings. The van der Waals surface area contributed by atoms with Gasteiger partial charge in [0, 0.05) is 5.92 Å². The number of rotatable bonds is 6. The van der Waals surface area contributed by atoms with Crippen LogP contribution in [0.5, 0.6) is 0 Å². The maximum Gasteiger partial charge on any atom is 0.407 e. The van der Waals surface area contributed by atoms with E-state index in [1.165, 1.54) is 0 Å². The van der Waals surface area contributed by atoms with Crippen molar-refractivity contribution in [1.29, 1.82) is 0 Å². The zero-order chi connectivity index (χ0) is 21.5. The quantitative estimate of drug-likeness (QED) is 0.640. The van der Waals surface area contributed by atoms with Crippen molar-refractivity contribution < 1.29 is 24.2 Å². The largest absolute Gasteiger partial charge is 0.480 e. The Bertz CT molecular complexity index is 976. The van der Waals surface area contributed by atoms with Crippen molar-refractivity contribution in [2.75, 3.05) is 13.2 Å². The van der Waals surface area contributed by atoms with Crippen LogP contribution >= 0.6 is 0 Å². The molecule has 0 fully saturated rings. The molecule has 2 aromatic carbocycles. The Morgan fingerprint density at radius 2 is 1.67 bits per heavy atom. The highest BCUT2D eigenvalue weighted by Crippen LogP contribution is 2.44. The summed E-state index contributed by atoms with van der Waals surface area (Å²) in [5, 5.41) is 13.6. The van der Waals surface area contributed by atoms with Gasteiger partial charge in [0.25, 0.3) is 5.91 Å². The minimum Gasteiger partial charge on any atom is -0.480 e. The Kier molecular flexibility index (Phi) is 6.71. The summed E-state index contributed by atoms with van der Waals surface area (Å²) < 4.78 is 5.36. The summed E-state index contributed by atoms with van der Waals surface area (Å²) >= 11 is 0. The molecule has 3 N–H and O–H groups in total. The van der Waals surface area contributed by atoms with Gasteiger partial charge < -0.3 is 20.5 Å². The number of hydrogen-bond donors (Lipinski definition) is 3. The molecule has 7 nitrogen and oxygen atoms in total. The standard InChI is InChI=1S/C23H22N2O5/c1-2-20(22(27)28)25-21(26)12-7-13-24-23(29)30-14-19-17-10-5-3-8-15(17)16-9-4-6-11-18(16)19/h3-6,8-11,19-20H,2,13-14H2,1H3,(H,24,29)(H,25,26)(H,27,28). The van der Waals surface area contributed by atoms with E-state index in [1.54, 1.807) is 6.92 Å². The van der Waals surface area contributed by atoms with Crippen LogP contribution in [0.2, 0.25) is 0 Å². The zero-order valence-corrected chi connectivity index (χ0v) is 16.5. The van der Waals surface area contributed by atoms with E-state index in [0.717, 1.165) is 22.3 Å². The van der Waals surface area contributed by atoms with Crippen LogP contribution in [0.4, 0.5) is 4.79 Å². The molecule has 2 amide bonds. The Labute approximate surface area is 174 Å². The number of ether oxygens (including phenoxy) is 1. The van der Waals surface area contributed by atoms with Crippen LogP contribution in [0.1, 0.15) is 30.4 Å². The molecule has 0 heterocycles. The molecule has 30 heavy (non-hydrogen) atoms. The van der Waals surface area contributed by atoms with E-state index in [9.17, 15) is 14.4 Å². The van der Waals surface area contributed by atoms with Crippen molar-refractivity contribution >= 4 is 18.0 Å². The molecule has 0 aromatic heterocycles. The second kappa shape index (κ2) is 9.61. The average Bonchev–Trinajstić information content (AvgIpc) is 3.07. The zero-order valence-electron chi connectivity index (χ0n) is 16.5. The number of carbonyl (C=O) groups excluding carboxylic acids is 2. The summed E-state index contributed by atoms with van der Waals surface area (Å²) in [4.78, 5) is 34.5. The van der Waals surface area contributed by atoms with Crippen molar-refractivity contribution in [2.24, 2.45) is 0 Å². The molecule has 0 saturated carbocycles. The summed E-state index contributed by atoms with van der Waals surface area (Å²) in [5.41, 5.74) is 4.52.